The molecular formula is C14H24N2O2. The molecule has 0 saturated heterocycles. The standard InChI is InChI=1S/C14H24N2O2/c1-6-14(7-2,8-15)16-13(17)12-9(3)10(4)18-11(12)5/h6-8,15H2,1-5H3,(H,16,17). The molecule has 0 radical (unpaired) electrons. The van der Waals surface area contributed by atoms with Crippen LogP contribution in [0.2, 0.25) is 0 Å². The zero-order valence-electron chi connectivity index (χ0n) is 12.0. The fourth-order valence-electron chi connectivity index (χ4n) is 2.20. The number of rotatable bonds is 5. The maximum atomic E-state index is 12.4. The third kappa shape index (κ3) is 2.58. The summed E-state index contributed by atoms with van der Waals surface area (Å²) in [7, 11) is 0. The Bertz CT molecular complexity index is 423. The van der Waals surface area contributed by atoms with Gasteiger partial charge in [-0.3, -0.25) is 4.79 Å². The minimum absolute atomic E-state index is 0.0870. The SMILES string of the molecule is CCC(CC)(CN)NC(=O)c1c(C)oc(C)c1C. The molecule has 0 saturated carbocycles. The summed E-state index contributed by atoms with van der Waals surface area (Å²) in [6.07, 6.45) is 1.64. The number of furan rings is 1. The molecule has 0 aromatic carbocycles. The Balaban J connectivity index is 3.01. The first kappa shape index (κ1) is 14.8. The minimum Gasteiger partial charge on any atom is -0.466 e. The lowest BCUT2D eigenvalue weighted by Gasteiger charge is -2.31. The molecule has 0 spiro atoms. The Kier molecular flexibility index (Phi) is 4.57. The monoisotopic (exact) mass is 252 g/mol. The van der Waals surface area contributed by atoms with E-state index in [1.54, 1.807) is 0 Å². The Morgan fingerprint density at radius 3 is 2.11 bits per heavy atom. The quantitative estimate of drug-likeness (QED) is 0.845. The molecule has 1 amide bonds. The van der Waals surface area contributed by atoms with E-state index in [1.165, 1.54) is 0 Å². The van der Waals surface area contributed by atoms with Crippen LogP contribution in [0.25, 0.3) is 0 Å². The van der Waals surface area contributed by atoms with Gasteiger partial charge in [-0.15, -0.1) is 0 Å². The van der Waals surface area contributed by atoms with Crippen LogP contribution in [-0.4, -0.2) is 18.0 Å². The average Bonchev–Trinajstić information content (AvgIpc) is 2.60. The summed E-state index contributed by atoms with van der Waals surface area (Å²) in [6.45, 7) is 10.1. The van der Waals surface area contributed by atoms with Crippen molar-refractivity contribution >= 4 is 5.91 Å². The fraction of sp³-hybridized carbons (Fsp3) is 0.643. The number of hydrogen-bond donors (Lipinski definition) is 2. The molecule has 0 atom stereocenters. The van der Waals surface area contributed by atoms with Gasteiger partial charge in [-0.2, -0.15) is 0 Å². The van der Waals surface area contributed by atoms with E-state index < -0.39 is 0 Å². The normalized spacial score (nSPS) is 11.7. The Morgan fingerprint density at radius 1 is 1.22 bits per heavy atom. The molecule has 1 aromatic rings. The predicted octanol–water partition coefficient (Wildman–Crippen LogP) is 2.45. The highest BCUT2D eigenvalue weighted by atomic mass is 16.3. The van der Waals surface area contributed by atoms with Gasteiger partial charge in [0.15, 0.2) is 0 Å². The summed E-state index contributed by atoms with van der Waals surface area (Å²) in [5, 5.41) is 3.07. The van der Waals surface area contributed by atoms with Gasteiger partial charge in [0, 0.05) is 12.1 Å². The maximum absolute atomic E-state index is 12.4. The smallest absolute Gasteiger partial charge is 0.255 e. The number of nitrogens with two attached hydrogens (primary N) is 1. The number of amides is 1. The van der Waals surface area contributed by atoms with Crippen LogP contribution in [0.3, 0.4) is 0 Å². The van der Waals surface area contributed by atoms with Gasteiger partial charge in [-0.1, -0.05) is 13.8 Å². The van der Waals surface area contributed by atoms with Gasteiger partial charge in [0.05, 0.1) is 11.1 Å². The topological polar surface area (TPSA) is 68.3 Å². The first-order valence-electron chi connectivity index (χ1n) is 6.50. The Labute approximate surface area is 109 Å². The molecule has 0 fully saturated rings. The van der Waals surface area contributed by atoms with E-state index in [0.717, 1.165) is 24.2 Å². The van der Waals surface area contributed by atoms with E-state index in [2.05, 4.69) is 5.32 Å². The highest BCUT2D eigenvalue weighted by molar-refractivity contribution is 5.97. The van der Waals surface area contributed by atoms with Crippen LogP contribution in [0.15, 0.2) is 4.42 Å². The highest BCUT2D eigenvalue weighted by Crippen LogP contribution is 2.22. The van der Waals surface area contributed by atoms with E-state index in [9.17, 15) is 4.79 Å². The van der Waals surface area contributed by atoms with E-state index in [1.807, 2.05) is 34.6 Å². The van der Waals surface area contributed by atoms with Crippen LogP contribution >= 0.6 is 0 Å². The summed E-state index contributed by atoms with van der Waals surface area (Å²) in [6, 6.07) is 0. The molecule has 0 aliphatic heterocycles. The summed E-state index contributed by atoms with van der Waals surface area (Å²) in [4.78, 5) is 12.4. The van der Waals surface area contributed by atoms with Crippen LogP contribution in [-0.2, 0) is 0 Å². The number of carbonyl (C=O) groups is 1. The van der Waals surface area contributed by atoms with E-state index in [-0.39, 0.29) is 11.4 Å². The second-order valence-corrected chi connectivity index (χ2v) is 4.86. The van der Waals surface area contributed by atoms with Crippen molar-refractivity contribution in [2.45, 2.75) is 53.0 Å². The lowest BCUT2D eigenvalue weighted by Crippen LogP contribution is -2.53. The molecule has 18 heavy (non-hydrogen) atoms. The van der Waals surface area contributed by atoms with Crippen molar-refractivity contribution < 1.29 is 9.21 Å². The van der Waals surface area contributed by atoms with Crippen molar-refractivity contribution in [3.05, 3.63) is 22.6 Å². The highest BCUT2D eigenvalue weighted by Gasteiger charge is 2.29. The zero-order valence-corrected chi connectivity index (χ0v) is 12.0. The molecule has 3 N–H and O–H groups in total. The summed E-state index contributed by atoms with van der Waals surface area (Å²) in [5.41, 5.74) is 7.03. The van der Waals surface area contributed by atoms with Gasteiger partial charge < -0.3 is 15.5 Å². The van der Waals surface area contributed by atoms with Crippen molar-refractivity contribution in [2.75, 3.05) is 6.54 Å². The van der Waals surface area contributed by atoms with Crippen molar-refractivity contribution in [2.24, 2.45) is 5.73 Å². The van der Waals surface area contributed by atoms with Crippen LogP contribution in [0.5, 0.6) is 0 Å². The third-order valence-corrected chi connectivity index (χ3v) is 3.91. The lowest BCUT2D eigenvalue weighted by molar-refractivity contribution is 0.0893. The largest absolute Gasteiger partial charge is 0.466 e. The molecule has 1 heterocycles. The Morgan fingerprint density at radius 2 is 1.78 bits per heavy atom. The van der Waals surface area contributed by atoms with E-state index in [4.69, 9.17) is 10.2 Å². The van der Waals surface area contributed by atoms with Gasteiger partial charge in [0.1, 0.15) is 11.5 Å². The number of carbonyl (C=O) groups excluding carboxylic acids is 1. The summed E-state index contributed by atoms with van der Waals surface area (Å²) < 4.78 is 5.49. The second-order valence-electron chi connectivity index (χ2n) is 4.86. The zero-order chi connectivity index (χ0) is 13.9. The predicted molar refractivity (Wildman–Crippen MR) is 72.8 cm³/mol. The summed E-state index contributed by atoms with van der Waals surface area (Å²) >= 11 is 0. The number of nitrogens with one attached hydrogen (secondary N) is 1. The minimum atomic E-state index is -0.318. The van der Waals surface area contributed by atoms with Crippen molar-refractivity contribution in [3.63, 3.8) is 0 Å². The summed E-state index contributed by atoms with van der Waals surface area (Å²) in [5.74, 6) is 1.38. The molecule has 4 nitrogen and oxygen atoms in total. The van der Waals surface area contributed by atoms with Crippen LogP contribution in [0, 0.1) is 20.8 Å². The van der Waals surface area contributed by atoms with Crippen LogP contribution < -0.4 is 11.1 Å². The lowest BCUT2D eigenvalue weighted by atomic mass is 9.92. The molecule has 0 bridgehead atoms. The van der Waals surface area contributed by atoms with Crippen molar-refractivity contribution in [1.82, 2.24) is 5.32 Å². The molecule has 0 aliphatic carbocycles. The number of hydrogen-bond acceptors (Lipinski definition) is 3. The number of aryl methyl sites for hydroxylation is 2. The van der Waals surface area contributed by atoms with E-state index >= 15 is 0 Å². The van der Waals surface area contributed by atoms with Crippen LogP contribution in [0.4, 0.5) is 0 Å². The average molecular weight is 252 g/mol. The molecule has 0 unspecified atom stereocenters. The van der Waals surface area contributed by atoms with Crippen molar-refractivity contribution in [3.8, 4) is 0 Å². The molecule has 1 aromatic heterocycles. The molecule has 102 valence electrons. The first-order valence-corrected chi connectivity index (χ1v) is 6.50. The fourth-order valence-corrected chi connectivity index (χ4v) is 2.20. The molecule has 0 aliphatic rings. The molecule has 4 heteroatoms. The molecule has 1 rings (SSSR count). The van der Waals surface area contributed by atoms with Gasteiger partial charge in [-0.05, 0) is 33.6 Å². The maximum Gasteiger partial charge on any atom is 0.255 e. The third-order valence-electron chi connectivity index (χ3n) is 3.91. The second kappa shape index (κ2) is 5.57. The van der Waals surface area contributed by atoms with Crippen LogP contribution in [0.1, 0.15) is 54.1 Å². The van der Waals surface area contributed by atoms with Gasteiger partial charge in [-0.25, -0.2) is 0 Å². The van der Waals surface area contributed by atoms with Crippen molar-refractivity contribution in [1.29, 1.82) is 0 Å². The first-order chi connectivity index (χ1) is 8.40. The Hall–Kier alpha value is -1.29. The van der Waals surface area contributed by atoms with E-state index in [0.29, 0.717) is 17.9 Å². The van der Waals surface area contributed by atoms with Gasteiger partial charge in [0.2, 0.25) is 0 Å². The van der Waals surface area contributed by atoms with Gasteiger partial charge in [0.25, 0.3) is 5.91 Å². The van der Waals surface area contributed by atoms with Gasteiger partial charge >= 0.3 is 0 Å². The molecular weight excluding hydrogens is 228 g/mol.